The highest BCUT2D eigenvalue weighted by Crippen LogP contribution is 2.17. The summed E-state index contributed by atoms with van der Waals surface area (Å²) in [6, 6.07) is 7.07. The van der Waals surface area contributed by atoms with E-state index < -0.39 is 0 Å². The first-order valence-corrected chi connectivity index (χ1v) is 6.58. The van der Waals surface area contributed by atoms with Gasteiger partial charge in [0.05, 0.1) is 12.1 Å². The van der Waals surface area contributed by atoms with E-state index in [-0.39, 0.29) is 17.5 Å². The molecule has 0 aliphatic rings. The molecule has 0 aliphatic carbocycles. The molecule has 3 N–H and O–H groups in total. The van der Waals surface area contributed by atoms with Gasteiger partial charge in [0.2, 0.25) is 0 Å². The molecule has 0 fully saturated rings. The van der Waals surface area contributed by atoms with Crippen LogP contribution in [-0.4, -0.2) is 44.6 Å². The average molecular weight is 305 g/mol. The van der Waals surface area contributed by atoms with Crippen LogP contribution in [0.2, 0.25) is 0 Å². The van der Waals surface area contributed by atoms with Crippen LogP contribution < -0.4 is 10.5 Å². The molecule has 0 atom stereocenters. The van der Waals surface area contributed by atoms with Gasteiger partial charge in [-0.2, -0.15) is 5.10 Å². The molecule has 1 amide bonds. The Balaban J connectivity index is 1.93. The van der Waals surface area contributed by atoms with Crippen LogP contribution in [0.5, 0.6) is 5.75 Å². The van der Waals surface area contributed by atoms with Gasteiger partial charge in [-0.15, -0.1) is 0 Å². The second-order valence-electron chi connectivity index (χ2n) is 4.33. The van der Waals surface area contributed by atoms with Crippen LogP contribution in [0.1, 0.15) is 11.4 Å². The fourth-order valence-electron chi connectivity index (χ4n) is 1.67. The molecule has 21 heavy (non-hydrogen) atoms. The van der Waals surface area contributed by atoms with E-state index in [1.807, 2.05) is 0 Å². The number of carbonyl (C=O) groups is 1. The van der Waals surface area contributed by atoms with Gasteiger partial charge in [0.1, 0.15) is 22.9 Å². The molecule has 0 saturated heterocycles. The fourth-order valence-corrected chi connectivity index (χ4v) is 1.83. The molecule has 0 saturated carbocycles. The van der Waals surface area contributed by atoms with Crippen LogP contribution in [0.4, 0.5) is 0 Å². The molecule has 0 aliphatic heterocycles. The molecule has 0 radical (unpaired) electrons. The predicted octanol–water partition coefficient (Wildman–Crippen LogP) is 0.476. The zero-order valence-corrected chi connectivity index (χ0v) is 12.3. The Bertz CT molecular complexity index is 629. The summed E-state index contributed by atoms with van der Waals surface area (Å²) < 4.78 is 5.50. The number of nitrogens with one attached hydrogen (secondary N) is 1. The molecule has 0 bridgehead atoms. The number of ether oxygens (including phenoxy) is 1. The standard InChI is InChI=1S/C13H15N5O2S/c1-18(6-11-15-8-16-17-11)12(19)7-20-10-5-3-2-4-9(10)13(14)21/h2-5,8H,6-7H2,1H3,(H2,14,21)(H,15,16,17). The van der Waals surface area contributed by atoms with Crippen molar-refractivity contribution in [3.05, 3.63) is 42.0 Å². The smallest absolute Gasteiger partial charge is 0.260 e. The third-order valence-electron chi connectivity index (χ3n) is 2.78. The number of aromatic nitrogens is 3. The van der Waals surface area contributed by atoms with Gasteiger partial charge in [0.15, 0.2) is 6.61 Å². The first kappa shape index (κ1) is 14.9. The van der Waals surface area contributed by atoms with Crippen LogP contribution >= 0.6 is 12.2 Å². The summed E-state index contributed by atoms with van der Waals surface area (Å²) in [6.07, 6.45) is 1.39. The molecular weight excluding hydrogens is 290 g/mol. The number of carbonyl (C=O) groups excluding carboxylic acids is 1. The van der Waals surface area contributed by atoms with E-state index in [0.29, 0.717) is 23.7 Å². The van der Waals surface area contributed by atoms with Crippen LogP contribution in [0.15, 0.2) is 30.6 Å². The number of benzene rings is 1. The highest BCUT2D eigenvalue weighted by molar-refractivity contribution is 7.80. The zero-order chi connectivity index (χ0) is 15.2. The number of likely N-dealkylation sites (N-methyl/N-ethyl adjacent to an activating group) is 1. The Morgan fingerprint density at radius 3 is 2.90 bits per heavy atom. The lowest BCUT2D eigenvalue weighted by atomic mass is 10.2. The Hall–Kier alpha value is -2.48. The van der Waals surface area contributed by atoms with Gasteiger partial charge < -0.3 is 15.4 Å². The molecule has 2 aromatic rings. The third kappa shape index (κ3) is 3.99. The van der Waals surface area contributed by atoms with Crippen LogP contribution in [0.25, 0.3) is 0 Å². The van der Waals surface area contributed by atoms with E-state index in [9.17, 15) is 4.79 Å². The van der Waals surface area contributed by atoms with E-state index in [1.54, 1.807) is 31.3 Å². The van der Waals surface area contributed by atoms with E-state index in [2.05, 4.69) is 15.2 Å². The third-order valence-corrected chi connectivity index (χ3v) is 3.00. The first-order chi connectivity index (χ1) is 10.1. The second kappa shape index (κ2) is 6.80. The zero-order valence-electron chi connectivity index (χ0n) is 11.4. The number of thiocarbonyl (C=S) groups is 1. The van der Waals surface area contributed by atoms with E-state index >= 15 is 0 Å². The lowest BCUT2D eigenvalue weighted by Crippen LogP contribution is -2.31. The maximum Gasteiger partial charge on any atom is 0.260 e. The van der Waals surface area contributed by atoms with Gasteiger partial charge in [-0.3, -0.25) is 9.89 Å². The highest BCUT2D eigenvalue weighted by Gasteiger charge is 2.13. The number of nitrogens with zero attached hydrogens (tertiary/aromatic N) is 3. The van der Waals surface area contributed by atoms with Gasteiger partial charge >= 0.3 is 0 Å². The lowest BCUT2D eigenvalue weighted by molar-refractivity contribution is -0.132. The molecule has 1 aromatic carbocycles. The molecule has 7 nitrogen and oxygen atoms in total. The summed E-state index contributed by atoms with van der Waals surface area (Å²) in [5.74, 6) is 0.907. The van der Waals surface area contributed by atoms with Gasteiger partial charge in [-0.05, 0) is 12.1 Å². The van der Waals surface area contributed by atoms with Crippen molar-refractivity contribution in [2.24, 2.45) is 5.73 Å². The monoisotopic (exact) mass is 305 g/mol. The topological polar surface area (TPSA) is 97.1 Å². The number of nitrogens with two attached hydrogens (primary N) is 1. The summed E-state index contributed by atoms with van der Waals surface area (Å²) in [4.78, 5) is 17.7. The lowest BCUT2D eigenvalue weighted by Gasteiger charge is -2.16. The number of para-hydroxylation sites is 1. The number of aromatic amines is 1. The Morgan fingerprint density at radius 1 is 1.48 bits per heavy atom. The maximum absolute atomic E-state index is 12.0. The van der Waals surface area contributed by atoms with Gasteiger partial charge in [0, 0.05) is 7.05 Å². The number of hydrogen-bond acceptors (Lipinski definition) is 5. The average Bonchev–Trinajstić information content (AvgIpc) is 2.97. The van der Waals surface area contributed by atoms with E-state index in [0.717, 1.165) is 0 Å². The molecule has 1 heterocycles. The van der Waals surface area contributed by atoms with Gasteiger partial charge in [-0.1, -0.05) is 24.4 Å². The van der Waals surface area contributed by atoms with Crippen molar-refractivity contribution < 1.29 is 9.53 Å². The van der Waals surface area contributed by atoms with Crippen LogP contribution in [0, 0.1) is 0 Å². The summed E-state index contributed by atoms with van der Waals surface area (Å²) >= 11 is 4.94. The summed E-state index contributed by atoms with van der Waals surface area (Å²) in [5, 5.41) is 6.42. The second-order valence-corrected chi connectivity index (χ2v) is 4.77. The molecule has 0 spiro atoms. The van der Waals surface area contributed by atoms with E-state index in [4.69, 9.17) is 22.7 Å². The molecular formula is C13H15N5O2S. The molecule has 2 rings (SSSR count). The Kier molecular flexibility index (Phi) is 4.83. The Morgan fingerprint density at radius 2 is 2.24 bits per heavy atom. The minimum absolute atomic E-state index is 0.107. The van der Waals surface area contributed by atoms with E-state index in [1.165, 1.54) is 11.2 Å². The number of rotatable bonds is 6. The SMILES string of the molecule is CN(Cc1ncn[nH]1)C(=O)COc1ccccc1C(N)=S. The molecule has 0 unspecified atom stereocenters. The number of hydrogen-bond donors (Lipinski definition) is 2. The quantitative estimate of drug-likeness (QED) is 0.753. The van der Waals surface area contributed by atoms with Crippen molar-refractivity contribution in [2.75, 3.05) is 13.7 Å². The minimum atomic E-state index is -0.191. The van der Waals surface area contributed by atoms with Crippen molar-refractivity contribution in [3.63, 3.8) is 0 Å². The van der Waals surface area contributed by atoms with Crippen molar-refractivity contribution >= 4 is 23.1 Å². The largest absolute Gasteiger partial charge is 0.483 e. The van der Waals surface area contributed by atoms with Crippen molar-refractivity contribution in [1.82, 2.24) is 20.1 Å². The van der Waals surface area contributed by atoms with Crippen molar-refractivity contribution in [2.45, 2.75) is 6.54 Å². The predicted molar refractivity (Wildman–Crippen MR) is 80.7 cm³/mol. The molecule has 110 valence electrons. The fraction of sp³-hybridized carbons (Fsp3) is 0.231. The summed E-state index contributed by atoms with van der Waals surface area (Å²) in [5.41, 5.74) is 6.22. The number of H-pyrrole nitrogens is 1. The summed E-state index contributed by atoms with van der Waals surface area (Å²) in [6.45, 7) is 0.226. The normalized spacial score (nSPS) is 10.1. The summed E-state index contributed by atoms with van der Waals surface area (Å²) in [7, 11) is 1.66. The van der Waals surface area contributed by atoms with Gasteiger partial charge in [-0.25, -0.2) is 4.98 Å². The van der Waals surface area contributed by atoms with Crippen molar-refractivity contribution in [3.8, 4) is 5.75 Å². The van der Waals surface area contributed by atoms with Crippen LogP contribution in [0.3, 0.4) is 0 Å². The highest BCUT2D eigenvalue weighted by atomic mass is 32.1. The van der Waals surface area contributed by atoms with Crippen molar-refractivity contribution in [1.29, 1.82) is 0 Å². The minimum Gasteiger partial charge on any atom is -0.483 e. The van der Waals surface area contributed by atoms with Gasteiger partial charge in [0.25, 0.3) is 5.91 Å². The molecule has 1 aromatic heterocycles. The molecule has 8 heteroatoms. The number of amides is 1. The maximum atomic E-state index is 12.0. The van der Waals surface area contributed by atoms with Crippen LogP contribution in [-0.2, 0) is 11.3 Å². The first-order valence-electron chi connectivity index (χ1n) is 6.17. The Labute approximate surface area is 127 Å².